The van der Waals surface area contributed by atoms with E-state index in [1.165, 1.54) is 0 Å². The molecule has 0 saturated heterocycles. The van der Waals surface area contributed by atoms with Crippen molar-refractivity contribution in [2.75, 3.05) is 0 Å². The normalized spacial score (nSPS) is 8.22. The molecule has 0 aliphatic carbocycles. The molecule has 0 unspecified atom stereocenters. The van der Waals surface area contributed by atoms with Gasteiger partial charge in [0.2, 0.25) is 0 Å². The van der Waals surface area contributed by atoms with E-state index in [9.17, 15) is 0 Å². The number of thiol groups is 2. The average Bonchev–Trinajstić information content (AvgIpc) is 1.64. The quantitative estimate of drug-likeness (QED) is 0.384. The summed E-state index contributed by atoms with van der Waals surface area (Å²) in [5.74, 6) is 0. The Morgan fingerprint density at radius 3 is 2.33 bits per heavy atom. The van der Waals surface area contributed by atoms with Gasteiger partial charge in [0.05, 0.1) is 5.03 Å². The molecule has 0 atom stereocenters. The topological polar surface area (TPSA) is 25.8 Å². The molecule has 0 saturated carbocycles. The van der Waals surface area contributed by atoms with Crippen molar-refractivity contribution in [2.24, 2.45) is 0 Å². The van der Waals surface area contributed by atoms with E-state index in [0.29, 0.717) is 10.2 Å². The first-order valence-corrected chi connectivity index (χ1v) is 2.89. The molecule has 9 heavy (non-hydrogen) atoms. The van der Waals surface area contributed by atoms with Crippen LogP contribution in [0, 0.1) is 0 Å². The minimum absolute atomic E-state index is 0. The molecule has 0 amide bonds. The fourth-order valence-electron chi connectivity index (χ4n) is 0.339. The van der Waals surface area contributed by atoms with Crippen molar-refractivity contribution < 1.29 is 0 Å². The fraction of sp³-hybridized carbons (Fsp3) is 0. The van der Waals surface area contributed by atoms with Gasteiger partial charge in [-0.15, -0.1) is 25.3 Å². The molecule has 0 aliphatic heterocycles. The van der Waals surface area contributed by atoms with E-state index in [2.05, 4.69) is 35.2 Å². The van der Waals surface area contributed by atoms with Crippen molar-refractivity contribution in [1.82, 2.24) is 9.97 Å². The maximum atomic E-state index is 3.95. The number of aromatic nitrogens is 2. The average molecular weight is 231 g/mol. The maximum absolute atomic E-state index is 3.95. The molecule has 2 nitrogen and oxygen atoms in total. The molecule has 44 valence electrons. The molecule has 0 fully saturated rings. The van der Waals surface area contributed by atoms with Gasteiger partial charge in [-0.3, -0.25) is 0 Å². The molecular formula is C4H5N2RbS2. The third kappa shape index (κ3) is 4.11. The molecule has 0 aromatic carbocycles. The molecule has 1 aromatic rings. The molecule has 0 aliphatic rings. The summed E-state index contributed by atoms with van der Waals surface area (Å²) in [4.78, 5) is 7.54. The van der Waals surface area contributed by atoms with Crippen molar-refractivity contribution >= 4 is 83.4 Å². The summed E-state index contributed by atoms with van der Waals surface area (Å²) in [6.45, 7) is 0. The molecule has 5 heteroatoms. The number of hydrogen-bond acceptors (Lipinski definition) is 4. The molecule has 1 heterocycles. The Morgan fingerprint density at radius 2 is 2.00 bits per heavy atom. The second-order valence-corrected chi connectivity index (χ2v) is 2.07. The van der Waals surface area contributed by atoms with Crippen LogP contribution in [-0.2, 0) is 0 Å². The zero-order valence-electron chi connectivity index (χ0n) is 3.94. The van der Waals surface area contributed by atoms with Crippen LogP contribution in [0.2, 0.25) is 0 Å². The first-order chi connectivity index (χ1) is 3.79. The summed E-state index contributed by atoms with van der Waals surface area (Å²) in [5, 5.41) is 1.10. The Balaban J connectivity index is 0.000000640. The molecule has 1 rings (SSSR count). The van der Waals surface area contributed by atoms with Gasteiger partial charge in [0.25, 0.3) is 0 Å². The van der Waals surface area contributed by atoms with Crippen LogP contribution in [0.15, 0.2) is 22.4 Å². The van der Waals surface area contributed by atoms with Gasteiger partial charge in [0, 0.05) is 6.20 Å². The van der Waals surface area contributed by atoms with Gasteiger partial charge in [0.15, 0.2) is 5.16 Å². The Morgan fingerprint density at radius 1 is 1.33 bits per heavy atom. The molecule has 0 N–H and O–H groups in total. The van der Waals surface area contributed by atoms with Gasteiger partial charge < -0.3 is 0 Å². The summed E-state index contributed by atoms with van der Waals surface area (Å²) in [7, 11) is 0. The third-order valence-electron chi connectivity index (χ3n) is 0.628. The van der Waals surface area contributed by atoms with Crippen LogP contribution in [0.25, 0.3) is 0 Å². The summed E-state index contributed by atoms with van der Waals surface area (Å²) in [6.07, 6.45) is 1.61. The Kier molecular flexibility index (Phi) is 6.19. The Bertz CT molecular complexity index is 176. The van der Waals surface area contributed by atoms with Gasteiger partial charge in [-0.2, -0.15) is 0 Å². The van der Waals surface area contributed by atoms with E-state index in [1.807, 2.05) is 0 Å². The minimum atomic E-state index is 0. The molecule has 0 spiro atoms. The predicted molar refractivity (Wildman–Crippen MR) is 43.7 cm³/mol. The van der Waals surface area contributed by atoms with Crippen LogP contribution in [0.5, 0.6) is 0 Å². The van der Waals surface area contributed by atoms with Crippen LogP contribution >= 0.6 is 25.3 Å². The van der Waals surface area contributed by atoms with Gasteiger partial charge in [-0.05, 0) is 6.07 Å². The van der Waals surface area contributed by atoms with E-state index < -0.39 is 0 Å². The Labute approximate surface area is 113 Å². The molecule has 0 radical (unpaired) electrons. The summed E-state index contributed by atoms with van der Waals surface area (Å²) < 4.78 is 0. The summed E-state index contributed by atoms with van der Waals surface area (Å²) in [6, 6.07) is 1.70. The first kappa shape index (κ1) is 10.6. The monoisotopic (exact) mass is 230 g/mol. The predicted octanol–water partition coefficient (Wildman–Crippen LogP) is 0.405. The second kappa shape index (κ2) is 5.26. The zero-order chi connectivity index (χ0) is 5.98. The number of rotatable bonds is 0. The Hall–Kier alpha value is 1.59. The number of hydrogen-bond donors (Lipinski definition) is 2. The van der Waals surface area contributed by atoms with E-state index in [0.717, 1.165) is 0 Å². The van der Waals surface area contributed by atoms with Gasteiger partial charge in [-0.1, -0.05) is 0 Å². The van der Waals surface area contributed by atoms with Crippen molar-refractivity contribution in [1.29, 1.82) is 0 Å². The van der Waals surface area contributed by atoms with Gasteiger partial charge >= 0.3 is 58.2 Å². The first-order valence-electron chi connectivity index (χ1n) is 2.00. The van der Waals surface area contributed by atoms with Crippen LogP contribution in [0.4, 0.5) is 0 Å². The van der Waals surface area contributed by atoms with Crippen molar-refractivity contribution in [3.63, 3.8) is 0 Å². The zero-order valence-corrected chi connectivity index (χ0v) is 5.73. The molecule has 0 bridgehead atoms. The van der Waals surface area contributed by atoms with E-state index in [4.69, 9.17) is 0 Å². The van der Waals surface area contributed by atoms with Crippen LogP contribution in [0.1, 0.15) is 0 Å². The van der Waals surface area contributed by atoms with Gasteiger partial charge in [-0.25, -0.2) is 9.97 Å². The van der Waals surface area contributed by atoms with Crippen molar-refractivity contribution in [3.8, 4) is 0 Å². The SMILES string of the molecule is Sc1ccnc(S)n1.[RbH]. The standard InChI is InChI=1S/C4H4N2S2.Rb.H/c7-3-1-2-5-4(8)6-3;;/h1-2H,(H2,5,6,7,8);;. The van der Waals surface area contributed by atoms with E-state index in [-0.39, 0.29) is 58.2 Å². The van der Waals surface area contributed by atoms with E-state index >= 15 is 0 Å². The third-order valence-corrected chi connectivity index (χ3v) is 1.09. The molecular weight excluding hydrogens is 226 g/mol. The van der Waals surface area contributed by atoms with Crippen LogP contribution < -0.4 is 0 Å². The van der Waals surface area contributed by atoms with Crippen molar-refractivity contribution in [2.45, 2.75) is 10.2 Å². The van der Waals surface area contributed by atoms with Crippen LogP contribution in [-0.4, -0.2) is 68.2 Å². The van der Waals surface area contributed by atoms with E-state index in [1.54, 1.807) is 12.3 Å². The van der Waals surface area contributed by atoms with Crippen LogP contribution in [0.3, 0.4) is 0 Å². The second-order valence-electron chi connectivity index (χ2n) is 1.21. The summed E-state index contributed by atoms with van der Waals surface area (Å²) in [5.41, 5.74) is 0. The fourth-order valence-corrected chi connectivity index (χ4v) is 0.754. The molecule has 1 aromatic heterocycles. The summed E-state index contributed by atoms with van der Waals surface area (Å²) >= 11 is 7.84. The van der Waals surface area contributed by atoms with Gasteiger partial charge in [0.1, 0.15) is 0 Å². The van der Waals surface area contributed by atoms with Crippen molar-refractivity contribution in [3.05, 3.63) is 12.3 Å². The number of nitrogens with zero attached hydrogens (tertiary/aromatic N) is 2.